The number of carbonyl (C=O) groups excluding carboxylic acids is 1. The van der Waals surface area contributed by atoms with Crippen molar-refractivity contribution in [3.05, 3.63) is 78.2 Å². The van der Waals surface area contributed by atoms with Crippen LogP contribution in [-0.4, -0.2) is 23.0 Å². The Balaban J connectivity index is 1.61. The van der Waals surface area contributed by atoms with E-state index in [-0.39, 0.29) is 5.91 Å². The normalized spacial score (nSPS) is 10.1. The summed E-state index contributed by atoms with van der Waals surface area (Å²) in [5, 5.41) is 6.02. The van der Waals surface area contributed by atoms with Crippen LogP contribution in [0.2, 0.25) is 0 Å². The Hall–Kier alpha value is -3.41. The number of anilines is 2. The molecule has 2 N–H and O–H groups in total. The number of pyridine rings is 2. The SMILES string of the molecule is COc1ccccc1C(=O)Nc1ccc(NCc2cccnc2)cn1. The molecule has 0 saturated carbocycles. The van der Waals surface area contributed by atoms with E-state index in [1.165, 1.54) is 7.11 Å². The van der Waals surface area contributed by atoms with Gasteiger partial charge in [-0.15, -0.1) is 0 Å². The lowest BCUT2D eigenvalue weighted by Crippen LogP contribution is -2.14. The number of ether oxygens (including phenoxy) is 1. The van der Waals surface area contributed by atoms with E-state index in [2.05, 4.69) is 20.6 Å². The van der Waals surface area contributed by atoms with Crippen LogP contribution in [0.15, 0.2) is 67.1 Å². The molecular formula is C19H18N4O2. The molecule has 0 saturated heterocycles. The van der Waals surface area contributed by atoms with Crippen molar-refractivity contribution in [2.24, 2.45) is 0 Å². The molecule has 0 aliphatic heterocycles. The van der Waals surface area contributed by atoms with E-state index in [1.54, 1.807) is 36.7 Å². The fourth-order valence-electron chi connectivity index (χ4n) is 2.30. The average Bonchev–Trinajstić information content (AvgIpc) is 2.68. The second-order valence-corrected chi connectivity index (χ2v) is 5.30. The molecule has 0 radical (unpaired) electrons. The number of methoxy groups -OCH3 is 1. The zero-order chi connectivity index (χ0) is 17.5. The molecule has 0 aliphatic carbocycles. The summed E-state index contributed by atoms with van der Waals surface area (Å²) >= 11 is 0. The van der Waals surface area contributed by atoms with Crippen LogP contribution in [-0.2, 0) is 6.54 Å². The second-order valence-electron chi connectivity index (χ2n) is 5.30. The van der Waals surface area contributed by atoms with Gasteiger partial charge in [0.15, 0.2) is 0 Å². The molecule has 25 heavy (non-hydrogen) atoms. The van der Waals surface area contributed by atoms with E-state index < -0.39 is 0 Å². The highest BCUT2D eigenvalue weighted by atomic mass is 16.5. The minimum absolute atomic E-state index is 0.263. The lowest BCUT2D eigenvalue weighted by atomic mass is 10.2. The molecule has 0 aliphatic rings. The molecule has 2 aromatic heterocycles. The van der Waals surface area contributed by atoms with Crippen molar-refractivity contribution in [3.8, 4) is 5.75 Å². The highest BCUT2D eigenvalue weighted by molar-refractivity contribution is 6.05. The van der Waals surface area contributed by atoms with Gasteiger partial charge in [-0.05, 0) is 35.9 Å². The predicted octanol–water partition coefficient (Wildman–Crippen LogP) is 3.35. The van der Waals surface area contributed by atoms with Crippen molar-refractivity contribution in [3.63, 3.8) is 0 Å². The first kappa shape index (κ1) is 16.4. The quantitative estimate of drug-likeness (QED) is 0.723. The van der Waals surface area contributed by atoms with Crippen LogP contribution in [0.1, 0.15) is 15.9 Å². The molecule has 0 unspecified atom stereocenters. The minimum atomic E-state index is -0.263. The van der Waals surface area contributed by atoms with Crippen LogP contribution in [0.25, 0.3) is 0 Å². The second kappa shape index (κ2) is 7.92. The molecule has 1 aromatic carbocycles. The van der Waals surface area contributed by atoms with Crippen LogP contribution in [0.5, 0.6) is 5.75 Å². The summed E-state index contributed by atoms with van der Waals surface area (Å²) in [6.07, 6.45) is 5.22. The maximum atomic E-state index is 12.3. The van der Waals surface area contributed by atoms with E-state index in [4.69, 9.17) is 4.74 Å². The summed E-state index contributed by atoms with van der Waals surface area (Å²) in [5.41, 5.74) is 2.40. The molecule has 0 atom stereocenters. The zero-order valence-electron chi connectivity index (χ0n) is 13.8. The van der Waals surface area contributed by atoms with Gasteiger partial charge in [0.2, 0.25) is 0 Å². The molecule has 0 spiro atoms. The smallest absolute Gasteiger partial charge is 0.260 e. The number of benzene rings is 1. The molecule has 1 amide bonds. The van der Waals surface area contributed by atoms with Crippen LogP contribution < -0.4 is 15.4 Å². The highest BCUT2D eigenvalue weighted by Gasteiger charge is 2.12. The van der Waals surface area contributed by atoms with Gasteiger partial charge < -0.3 is 15.4 Å². The van der Waals surface area contributed by atoms with Gasteiger partial charge in [-0.1, -0.05) is 18.2 Å². The van der Waals surface area contributed by atoms with E-state index in [1.807, 2.05) is 30.5 Å². The van der Waals surface area contributed by atoms with E-state index in [9.17, 15) is 4.79 Å². The first-order valence-electron chi connectivity index (χ1n) is 7.79. The molecule has 126 valence electrons. The largest absolute Gasteiger partial charge is 0.496 e. The van der Waals surface area contributed by atoms with E-state index >= 15 is 0 Å². The maximum absolute atomic E-state index is 12.3. The van der Waals surface area contributed by atoms with Crippen LogP contribution in [0, 0.1) is 0 Å². The van der Waals surface area contributed by atoms with E-state index in [0.717, 1.165) is 11.3 Å². The third-order valence-electron chi connectivity index (χ3n) is 3.58. The van der Waals surface area contributed by atoms with Gasteiger partial charge >= 0.3 is 0 Å². The maximum Gasteiger partial charge on any atom is 0.260 e. The third-order valence-corrected chi connectivity index (χ3v) is 3.58. The summed E-state index contributed by atoms with van der Waals surface area (Å²) in [4.78, 5) is 20.7. The lowest BCUT2D eigenvalue weighted by Gasteiger charge is -2.10. The van der Waals surface area contributed by atoms with Crippen LogP contribution >= 0.6 is 0 Å². The first-order valence-corrected chi connectivity index (χ1v) is 7.79. The third kappa shape index (κ3) is 4.32. The van der Waals surface area contributed by atoms with Crippen molar-refractivity contribution in [1.29, 1.82) is 0 Å². The summed E-state index contributed by atoms with van der Waals surface area (Å²) in [6.45, 7) is 0.655. The van der Waals surface area contributed by atoms with E-state index in [0.29, 0.717) is 23.7 Å². The number of hydrogen-bond donors (Lipinski definition) is 2. The number of nitrogens with zero attached hydrogens (tertiary/aromatic N) is 2. The van der Waals surface area contributed by atoms with Gasteiger partial charge in [-0.25, -0.2) is 4.98 Å². The fraction of sp³-hybridized carbons (Fsp3) is 0.105. The van der Waals surface area contributed by atoms with Gasteiger partial charge in [-0.2, -0.15) is 0 Å². The average molecular weight is 334 g/mol. The summed E-state index contributed by atoms with van der Waals surface area (Å²) in [7, 11) is 1.53. The highest BCUT2D eigenvalue weighted by Crippen LogP contribution is 2.19. The Kier molecular flexibility index (Phi) is 5.21. The molecular weight excluding hydrogens is 316 g/mol. The lowest BCUT2D eigenvalue weighted by molar-refractivity contribution is 0.102. The Morgan fingerprint density at radius 2 is 1.96 bits per heavy atom. The zero-order valence-corrected chi connectivity index (χ0v) is 13.8. The molecule has 6 heteroatoms. The number of amides is 1. The number of nitrogens with one attached hydrogen (secondary N) is 2. The first-order chi connectivity index (χ1) is 12.3. The van der Waals surface area contributed by atoms with Crippen molar-refractivity contribution in [1.82, 2.24) is 9.97 Å². The number of para-hydroxylation sites is 1. The molecule has 3 aromatic rings. The van der Waals surface area contributed by atoms with Crippen molar-refractivity contribution >= 4 is 17.4 Å². The van der Waals surface area contributed by atoms with Crippen molar-refractivity contribution in [2.45, 2.75) is 6.54 Å². The van der Waals surface area contributed by atoms with Crippen molar-refractivity contribution < 1.29 is 9.53 Å². The molecule has 6 nitrogen and oxygen atoms in total. The Bertz CT molecular complexity index is 836. The van der Waals surface area contributed by atoms with Gasteiger partial charge in [0.1, 0.15) is 11.6 Å². The fourth-order valence-corrected chi connectivity index (χ4v) is 2.30. The number of carbonyl (C=O) groups is 1. The Morgan fingerprint density at radius 1 is 1.08 bits per heavy atom. The predicted molar refractivity (Wildman–Crippen MR) is 96.7 cm³/mol. The monoisotopic (exact) mass is 334 g/mol. The minimum Gasteiger partial charge on any atom is -0.496 e. The Morgan fingerprint density at radius 3 is 2.68 bits per heavy atom. The van der Waals surface area contributed by atoms with Gasteiger partial charge in [-0.3, -0.25) is 9.78 Å². The number of aromatic nitrogens is 2. The molecule has 3 rings (SSSR count). The van der Waals surface area contributed by atoms with Gasteiger partial charge in [0.25, 0.3) is 5.91 Å². The van der Waals surface area contributed by atoms with Gasteiger partial charge in [0.05, 0.1) is 24.6 Å². The molecule has 2 heterocycles. The summed E-state index contributed by atoms with van der Waals surface area (Å²) in [6, 6.07) is 14.6. The van der Waals surface area contributed by atoms with Crippen LogP contribution in [0.3, 0.4) is 0 Å². The standard InChI is InChI=1S/C19H18N4O2/c1-25-17-7-3-2-6-16(17)19(24)23-18-9-8-15(13-22-18)21-12-14-5-4-10-20-11-14/h2-11,13,21H,12H2,1H3,(H,22,23,24). The van der Waals surface area contributed by atoms with Crippen molar-refractivity contribution in [2.75, 3.05) is 17.7 Å². The summed E-state index contributed by atoms with van der Waals surface area (Å²) < 4.78 is 5.20. The molecule has 0 fully saturated rings. The van der Waals surface area contributed by atoms with Gasteiger partial charge in [0, 0.05) is 18.9 Å². The number of hydrogen-bond acceptors (Lipinski definition) is 5. The summed E-state index contributed by atoms with van der Waals surface area (Å²) in [5.74, 6) is 0.735. The number of rotatable bonds is 6. The van der Waals surface area contributed by atoms with Crippen LogP contribution in [0.4, 0.5) is 11.5 Å². The topological polar surface area (TPSA) is 76.1 Å². The Labute approximate surface area is 145 Å². The molecule has 0 bridgehead atoms.